The summed E-state index contributed by atoms with van der Waals surface area (Å²) < 4.78 is 11.3. The van der Waals surface area contributed by atoms with Crippen molar-refractivity contribution in [3.8, 4) is 22.9 Å². The van der Waals surface area contributed by atoms with E-state index in [-0.39, 0.29) is 12.5 Å². The highest BCUT2D eigenvalue weighted by molar-refractivity contribution is 5.76. The number of nitriles is 1. The molecule has 7 heteroatoms. The fourth-order valence-electron chi connectivity index (χ4n) is 4.06. The fraction of sp³-hybridized carbons (Fsp3) is 0.160. The van der Waals surface area contributed by atoms with Crippen LogP contribution >= 0.6 is 0 Å². The van der Waals surface area contributed by atoms with Crippen LogP contribution in [0.15, 0.2) is 71.7 Å². The number of nitrogens with two attached hydrogens (primary N) is 1. The van der Waals surface area contributed by atoms with Crippen LogP contribution < -0.4 is 10.5 Å². The molecule has 0 fully saturated rings. The summed E-state index contributed by atoms with van der Waals surface area (Å²) in [5.74, 6) is 0.932. The van der Waals surface area contributed by atoms with Crippen LogP contribution in [0.25, 0.3) is 11.1 Å². The van der Waals surface area contributed by atoms with Crippen LogP contribution in [0.2, 0.25) is 0 Å². The second kappa shape index (κ2) is 8.82. The van der Waals surface area contributed by atoms with Crippen molar-refractivity contribution in [1.82, 2.24) is 0 Å². The molecule has 0 bridgehead atoms. The van der Waals surface area contributed by atoms with Gasteiger partial charge in [0, 0.05) is 6.42 Å². The summed E-state index contributed by atoms with van der Waals surface area (Å²) in [5, 5.41) is 16.1. The van der Waals surface area contributed by atoms with Gasteiger partial charge in [0.1, 0.15) is 12.4 Å². The van der Waals surface area contributed by atoms with Crippen molar-refractivity contribution in [2.75, 3.05) is 13.2 Å². The summed E-state index contributed by atoms with van der Waals surface area (Å²) in [6.45, 7) is 0.804. The Morgan fingerprint density at radius 2 is 1.75 bits per heavy atom. The second-order valence-corrected chi connectivity index (χ2v) is 7.40. The van der Waals surface area contributed by atoms with Crippen molar-refractivity contribution >= 4 is 12.5 Å². The minimum absolute atomic E-state index is 0.193. The van der Waals surface area contributed by atoms with Gasteiger partial charge in [-0.2, -0.15) is 5.26 Å². The predicted octanol–water partition coefficient (Wildman–Crippen LogP) is 3.45. The Morgan fingerprint density at radius 3 is 2.47 bits per heavy atom. The van der Waals surface area contributed by atoms with E-state index in [0.29, 0.717) is 18.8 Å². The first kappa shape index (κ1) is 20.9. The number of aliphatic imine (C=N–C) groups is 1. The van der Waals surface area contributed by atoms with Gasteiger partial charge >= 0.3 is 0 Å². The molecule has 0 saturated carbocycles. The summed E-state index contributed by atoms with van der Waals surface area (Å²) >= 11 is 0. The van der Waals surface area contributed by atoms with Crippen LogP contribution in [-0.2, 0) is 21.5 Å². The minimum atomic E-state index is -0.704. The number of nitrogens with zero attached hydrogens (tertiary/aromatic N) is 2. The van der Waals surface area contributed by atoms with Crippen molar-refractivity contribution < 1.29 is 19.4 Å². The zero-order valence-electron chi connectivity index (χ0n) is 17.2. The Morgan fingerprint density at radius 1 is 1.03 bits per heavy atom. The minimum Gasteiger partial charge on any atom is -0.493 e. The number of carbonyl (C=O) groups is 1. The van der Waals surface area contributed by atoms with Crippen molar-refractivity contribution in [3.63, 3.8) is 0 Å². The highest BCUT2D eigenvalue weighted by Gasteiger charge is 2.40. The van der Waals surface area contributed by atoms with E-state index in [2.05, 4.69) is 18.2 Å². The van der Waals surface area contributed by atoms with Gasteiger partial charge in [-0.05, 0) is 58.1 Å². The number of amidine groups is 1. The summed E-state index contributed by atoms with van der Waals surface area (Å²) in [5.41, 5.74) is 11.1. The van der Waals surface area contributed by atoms with Crippen LogP contribution in [0.4, 0.5) is 0 Å². The first-order chi connectivity index (χ1) is 15.6. The molecule has 160 valence electrons. The Balaban J connectivity index is 0.000000775. The predicted molar refractivity (Wildman–Crippen MR) is 119 cm³/mol. The average molecular weight is 427 g/mol. The average Bonchev–Trinajstić information content (AvgIpc) is 3.46. The highest BCUT2D eigenvalue weighted by Crippen LogP contribution is 2.41. The van der Waals surface area contributed by atoms with Crippen LogP contribution in [0.5, 0.6) is 5.75 Å². The zero-order valence-corrected chi connectivity index (χ0v) is 17.2. The molecule has 0 aliphatic carbocycles. The molecule has 5 rings (SSSR count). The van der Waals surface area contributed by atoms with E-state index in [1.54, 1.807) is 6.07 Å². The van der Waals surface area contributed by atoms with Gasteiger partial charge in [0.25, 0.3) is 12.5 Å². The third kappa shape index (κ3) is 3.86. The zero-order chi connectivity index (χ0) is 22.6. The standard InChI is InChI=1S/C24H19N3O2.CH2O2/c25-14-16-3-1-4-17(11-16)18-5-2-6-20(12-18)24(15-29-23(26)27-24)21-7-8-22-19(13-21)9-10-28-22;2-1-3/h1-8,11-13H,9-10,15H2,(H2,26,27);1H,(H,2,3). The molecule has 0 amide bonds. The van der Waals surface area contributed by atoms with Crippen LogP contribution in [-0.4, -0.2) is 30.8 Å². The Kier molecular flexibility index (Phi) is 5.77. The Hall–Kier alpha value is -4.31. The molecule has 7 nitrogen and oxygen atoms in total. The molecular weight excluding hydrogens is 406 g/mol. The van der Waals surface area contributed by atoms with Crippen molar-refractivity contribution in [1.29, 1.82) is 5.26 Å². The molecule has 3 N–H and O–H groups in total. The van der Waals surface area contributed by atoms with E-state index in [4.69, 9.17) is 30.1 Å². The Bertz CT molecular complexity index is 1230. The van der Waals surface area contributed by atoms with E-state index >= 15 is 0 Å². The van der Waals surface area contributed by atoms with E-state index < -0.39 is 5.54 Å². The maximum Gasteiger partial charge on any atom is 0.290 e. The number of hydrogen-bond donors (Lipinski definition) is 2. The Labute approximate surface area is 185 Å². The van der Waals surface area contributed by atoms with Crippen LogP contribution in [0.1, 0.15) is 22.3 Å². The third-order valence-electron chi connectivity index (χ3n) is 5.56. The number of carboxylic acid groups (broad SMARTS) is 1. The SMILES string of the molecule is N#Cc1cccc(-c2cccc(C3(c4ccc5c(c4)CCO5)COC(N)=N3)c2)c1.O=CO. The van der Waals surface area contributed by atoms with Gasteiger partial charge in [0.15, 0.2) is 5.54 Å². The topological polar surface area (TPSA) is 118 Å². The van der Waals surface area contributed by atoms with E-state index in [1.165, 1.54) is 5.56 Å². The smallest absolute Gasteiger partial charge is 0.290 e. The van der Waals surface area contributed by atoms with E-state index in [1.807, 2.05) is 48.5 Å². The van der Waals surface area contributed by atoms with Gasteiger partial charge in [0.05, 0.1) is 18.2 Å². The van der Waals surface area contributed by atoms with Crippen molar-refractivity contribution in [2.24, 2.45) is 10.7 Å². The number of ether oxygens (including phenoxy) is 2. The largest absolute Gasteiger partial charge is 0.493 e. The quantitative estimate of drug-likeness (QED) is 0.618. The van der Waals surface area contributed by atoms with Gasteiger partial charge in [-0.15, -0.1) is 0 Å². The van der Waals surface area contributed by atoms with Gasteiger partial charge < -0.3 is 20.3 Å². The molecule has 3 aromatic carbocycles. The lowest BCUT2D eigenvalue weighted by molar-refractivity contribution is -0.122. The number of benzene rings is 3. The lowest BCUT2D eigenvalue weighted by Crippen LogP contribution is -2.27. The normalized spacial score (nSPS) is 18.2. The summed E-state index contributed by atoms with van der Waals surface area (Å²) in [6, 6.07) is 24.4. The number of rotatable bonds is 3. The first-order valence-electron chi connectivity index (χ1n) is 10.0. The number of fused-ring (bicyclic) bond motifs is 1. The highest BCUT2D eigenvalue weighted by atomic mass is 16.5. The first-order valence-corrected chi connectivity index (χ1v) is 10.0. The van der Waals surface area contributed by atoms with Gasteiger partial charge in [-0.25, -0.2) is 4.99 Å². The summed E-state index contributed by atoms with van der Waals surface area (Å²) in [7, 11) is 0. The molecule has 3 aromatic rings. The van der Waals surface area contributed by atoms with Crippen LogP contribution in [0.3, 0.4) is 0 Å². The third-order valence-corrected chi connectivity index (χ3v) is 5.56. The van der Waals surface area contributed by atoms with Crippen molar-refractivity contribution in [3.05, 3.63) is 89.0 Å². The van der Waals surface area contributed by atoms with Crippen molar-refractivity contribution in [2.45, 2.75) is 12.0 Å². The molecule has 0 radical (unpaired) electrons. The monoisotopic (exact) mass is 427 g/mol. The fourth-order valence-corrected chi connectivity index (χ4v) is 4.06. The maximum atomic E-state index is 9.22. The van der Waals surface area contributed by atoms with Crippen LogP contribution in [0, 0.1) is 11.3 Å². The molecule has 2 heterocycles. The molecule has 0 aromatic heterocycles. The van der Waals surface area contributed by atoms with Gasteiger partial charge in [-0.3, -0.25) is 4.79 Å². The lowest BCUT2D eigenvalue weighted by Gasteiger charge is -2.26. The molecule has 1 atom stereocenters. The molecule has 2 aliphatic rings. The summed E-state index contributed by atoms with van der Waals surface area (Å²) in [6.07, 6.45) is 0.889. The van der Waals surface area contributed by atoms with E-state index in [9.17, 15) is 5.26 Å². The molecule has 0 spiro atoms. The van der Waals surface area contributed by atoms with E-state index in [0.717, 1.165) is 34.4 Å². The number of hydrogen-bond acceptors (Lipinski definition) is 6. The maximum absolute atomic E-state index is 9.22. The van der Waals surface area contributed by atoms with Gasteiger partial charge in [0.2, 0.25) is 0 Å². The summed E-state index contributed by atoms with van der Waals surface area (Å²) in [4.78, 5) is 13.1. The second-order valence-electron chi connectivity index (χ2n) is 7.40. The molecule has 32 heavy (non-hydrogen) atoms. The van der Waals surface area contributed by atoms with Gasteiger partial charge in [-0.1, -0.05) is 36.4 Å². The lowest BCUT2D eigenvalue weighted by atomic mass is 9.82. The molecule has 1 unspecified atom stereocenters. The molecule has 0 saturated heterocycles. The molecular formula is C25H21N3O4. The molecule has 2 aliphatic heterocycles.